The summed E-state index contributed by atoms with van der Waals surface area (Å²) in [7, 11) is 3.43. The normalized spacial score (nSPS) is 18.8. The number of hydrogen-bond acceptors (Lipinski definition) is 3. The maximum absolute atomic E-state index is 11.5. The summed E-state index contributed by atoms with van der Waals surface area (Å²) >= 11 is 0. The molecule has 5 nitrogen and oxygen atoms in total. The van der Waals surface area contributed by atoms with Gasteiger partial charge in [-0.1, -0.05) is 0 Å². The molecule has 1 saturated heterocycles. The van der Waals surface area contributed by atoms with E-state index in [1.165, 1.54) is 4.90 Å². The van der Waals surface area contributed by atoms with Crippen LogP contribution in [0.3, 0.4) is 0 Å². The number of nitrogens with zero attached hydrogens (tertiary/aromatic N) is 1. The quantitative estimate of drug-likeness (QED) is 0.714. The van der Waals surface area contributed by atoms with Crippen molar-refractivity contribution in [3.05, 3.63) is 0 Å². The number of rotatable bonds is 4. The maximum Gasteiger partial charge on any atom is 0.224 e. The second-order valence-corrected chi connectivity index (χ2v) is 4.02. The first-order chi connectivity index (χ1) is 7.11. The van der Waals surface area contributed by atoms with Crippen LogP contribution < -0.4 is 10.6 Å². The second kappa shape index (κ2) is 7.46. The third-order valence-electron chi connectivity index (χ3n) is 2.57. The van der Waals surface area contributed by atoms with Crippen molar-refractivity contribution in [2.24, 2.45) is 5.92 Å². The average molecular weight is 250 g/mol. The minimum Gasteiger partial charge on any atom is -0.355 e. The van der Waals surface area contributed by atoms with Crippen LogP contribution in [0, 0.1) is 5.92 Å². The fourth-order valence-corrected chi connectivity index (χ4v) is 1.54. The SMILES string of the molecule is CN(C)C(=O)CCNC(=O)[C@H]1CCNC1.Cl. The molecule has 0 radical (unpaired) electrons. The molecule has 1 fully saturated rings. The van der Waals surface area contributed by atoms with Gasteiger partial charge in [-0.05, 0) is 13.0 Å². The van der Waals surface area contributed by atoms with Crippen LogP contribution in [0.25, 0.3) is 0 Å². The van der Waals surface area contributed by atoms with Crippen LogP contribution in [0.2, 0.25) is 0 Å². The summed E-state index contributed by atoms with van der Waals surface area (Å²) < 4.78 is 0. The molecule has 0 aliphatic carbocycles. The summed E-state index contributed by atoms with van der Waals surface area (Å²) in [5.74, 6) is 0.186. The van der Waals surface area contributed by atoms with Gasteiger partial charge >= 0.3 is 0 Å². The summed E-state index contributed by atoms with van der Waals surface area (Å²) in [6, 6.07) is 0. The van der Waals surface area contributed by atoms with Crippen molar-refractivity contribution in [3.63, 3.8) is 0 Å². The zero-order valence-corrected chi connectivity index (χ0v) is 10.6. The molecule has 0 aromatic carbocycles. The second-order valence-electron chi connectivity index (χ2n) is 4.02. The van der Waals surface area contributed by atoms with Crippen molar-refractivity contribution in [2.75, 3.05) is 33.7 Å². The highest BCUT2D eigenvalue weighted by Gasteiger charge is 2.21. The Morgan fingerprint density at radius 2 is 2.12 bits per heavy atom. The average Bonchev–Trinajstić information content (AvgIpc) is 2.70. The van der Waals surface area contributed by atoms with E-state index in [9.17, 15) is 9.59 Å². The molecule has 6 heteroatoms. The molecule has 0 aromatic heterocycles. The molecular weight excluding hydrogens is 230 g/mol. The fourth-order valence-electron chi connectivity index (χ4n) is 1.54. The van der Waals surface area contributed by atoms with Gasteiger partial charge in [0.2, 0.25) is 11.8 Å². The van der Waals surface area contributed by atoms with Gasteiger partial charge in [0.15, 0.2) is 0 Å². The number of nitrogens with one attached hydrogen (secondary N) is 2. The summed E-state index contributed by atoms with van der Waals surface area (Å²) in [5.41, 5.74) is 0. The standard InChI is InChI=1S/C10H19N3O2.ClH/c1-13(2)9(14)4-6-12-10(15)8-3-5-11-7-8;/h8,11H,3-7H2,1-2H3,(H,12,15);1H/t8-;/m0./s1. The van der Waals surface area contributed by atoms with E-state index < -0.39 is 0 Å². The highest BCUT2D eigenvalue weighted by Crippen LogP contribution is 2.06. The predicted molar refractivity (Wildman–Crippen MR) is 64.5 cm³/mol. The molecule has 0 bridgehead atoms. The summed E-state index contributed by atoms with van der Waals surface area (Å²) in [6.07, 6.45) is 1.27. The number of hydrogen-bond donors (Lipinski definition) is 2. The Morgan fingerprint density at radius 3 is 2.62 bits per heavy atom. The minimum atomic E-state index is 0. The van der Waals surface area contributed by atoms with Crippen LogP contribution in [0.4, 0.5) is 0 Å². The van der Waals surface area contributed by atoms with E-state index in [0.717, 1.165) is 19.5 Å². The molecular formula is C10H20ClN3O2. The van der Waals surface area contributed by atoms with Gasteiger partial charge in [0.05, 0.1) is 5.92 Å². The largest absolute Gasteiger partial charge is 0.355 e. The lowest BCUT2D eigenvalue weighted by atomic mass is 10.1. The van der Waals surface area contributed by atoms with Gasteiger partial charge < -0.3 is 15.5 Å². The van der Waals surface area contributed by atoms with Gasteiger partial charge in [0.1, 0.15) is 0 Å². The smallest absolute Gasteiger partial charge is 0.224 e. The van der Waals surface area contributed by atoms with Gasteiger partial charge in [-0.15, -0.1) is 12.4 Å². The summed E-state index contributed by atoms with van der Waals surface area (Å²) in [6.45, 7) is 2.11. The summed E-state index contributed by atoms with van der Waals surface area (Å²) in [5, 5.41) is 5.92. The first-order valence-corrected chi connectivity index (χ1v) is 5.30. The van der Waals surface area contributed by atoms with Gasteiger partial charge in [0, 0.05) is 33.6 Å². The molecule has 0 spiro atoms. The Hall–Kier alpha value is -0.810. The molecule has 1 atom stereocenters. The minimum absolute atomic E-state index is 0. The third-order valence-corrected chi connectivity index (χ3v) is 2.57. The topological polar surface area (TPSA) is 61.4 Å². The Labute approximate surface area is 102 Å². The lowest BCUT2D eigenvalue weighted by molar-refractivity contribution is -0.129. The fraction of sp³-hybridized carbons (Fsp3) is 0.800. The first kappa shape index (κ1) is 15.2. The van der Waals surface area contributed by atoms with Crippen LogP contribution in [-0.2, 0) is 9.59 Å². The van der Waals surface area contributed by atoms with Crippen molar-refractivity contribution in [2.45, 2.75) is 12.8 Å². The monoisotopic (exact) mass is 249 g/mol. The van der Waals surface area contributed by atoms with Gasteiger partial charge in [-0.25, -0.2) is 0 Å². The van der Waals surface area contributed by atoms with Crippen LogP contribution >= 0.6 is 12.4 Å². The molecule has 1 heterocycles. The number of amides is 2. The van der Waals surface area contributed by atoms with Gasteiger partial charge in [-0.2, -0.15) is 0 Å². The Bertz CT molecular complexity index is 240. The molecule has 2 N–H and O–H groups in total. The van der Waals surface area contributed by atoms with Crippen molar-refractivity contribution in [1.82, 2.24) is 15.5 Å². The third kappa shape index (κ3) is 4.81. The van der Waals surface area contributed by atoms with Crippen molar-refractivity contribution in [1.29, 1.82) is 0 Å². The van der Waals surface area contributed by atoms with Crippen LogP contribution in [-0.4, -0.2) is 50.4 Å². The highest BCUT2D eigenvalue weighted by atomic mass is 35.5. The Morgan fingerprint density at radius 1 is 1.44 bits per heavy atom. The van der Waals surface area contributed by atoms with E-state index in [1.54, 1.807) is 14.1 Å². The van der Waals surface area contributed by atoms with E-state index in [0.29, 0.717) is 13.0 Å². The molecule has 0 saturated carbocycles. The number of carbonyl (C=O) groups excluding carboxylic acids is 2. The van der Waals surface area contributed by atoms with Gasteiger partial charge in [-0.3, -0.25) is 9.59 Å². The van der Waals surface area contributed by atoms with Crippen LogP contribution in [0.1, 0.15) is 12.8 Å². The molecule has 2 amide bonds. The van der Waals surface area contributed by atoms with E-state index in [1.807, 2.05) is 0 Å². The van der Waals surface area contributed by atoms with E-state index in [2.05, 4.69) is 10.6 Å². The lowest BCUT2D eigenvalue weighted by Crippen LogP contribution is -2.34. The molecule has 0 aromatic rings. The van der Waals surface area contributed by atoms with Crippen LogP contribution in [0.5, 0.6) is 0 Å². The van der Waals surface area contributed by atoms with E-state index in [4.69, 9.17) is 0 Å². The number of halogens is 1. The maximum atomic E-state index is 11.5. The molecule has 0 unspecified atom stereocenters. The molecule has 1 aliphatic rings. The zero-order valence-electron chi connectivity index (χ0n) is 9.78. The predicted octanol–water partition coefficient (Wildman–Crippen LogP) is -0.388. The van der Waals surface area contributed by atoms with Gasteiger partial charge in [0.25, 0.3) is 0 Å². The highest BCUT2D eigenvalue weighted by molar-refractivity contribution is 5.85. The van der Waals surface area contributed by atoms with Crippen molar-refractivity contribution in [3.8, 4) is 0 Å². The molecule has 94 valence electrons. The summed E-state index contributed by atoms with van der Waals surface area (Å²) in [4.78, 5) is 24.3. The molecule has 16 heavy (non-hydrogen) atoms. The zero-order chi connectivity index (χ0) is 11.3. The van der Waals surface area contributed by atoms with E-state index >= 15 is 0 Å². The van der Waals surface area contributed by atoms with Crippen molar-refractivity contribution < 1.29 is 9.59 Å². The Balaban J connectivity index is 0.00000225. The van der Waals surface area contributed by atoms with E-state index in [-0.39, 0.29) is 30.1 Å². The van der Waals surface area contributed by atoms with Crippen LogP contribution in [0.15, 0.2) is 0 Å². The molecule has 1 aliphatic heterocycles. The number of carbonyl (C=O) groups is 2. The van der Waals surface area contributed by atoms with Crippen molar-refractivity contribution >= 4 is 24.2 Å². The first-order valence-electron chi connectivity index (χ1n) is 5.30. The lowest BCUT2D eigenvalue weighted by Gasteiger charge is -2.12. The Kier molecular flexibility index (Phi) is 7.08. The molecule has 1 rings (SSSR count).